The highest BCUT2D eigenvalue weighted by Gasteiger charge is 2.56. The maximum Gasteiger partial charge on any atom is 0.306 e. The molecule has 18 heavy (non-hydrogen) atoms. The molecule has 1 aliphatic carbocycles. The summed E-state index contributed by atoms with van der Waals surface area (Å²) in [5.41, 5.74) is 0.0143. The molecule has 0 bridgehead atoms. The SMILES string of the molecule is COC(=O)C[C@@]12CCCN3CC[C@@H](C(=O)CC1)[C@H]32. The summed E-state index contributed by atoms with van der Waals surface area (Å²) in [6.45, 7) is 2.13. The first-order valence-electron chi connectivity index (χ1n) is 7.00. The quantitative estimate of drug-likeness (QED) is 0.696. The predicted molar refractivity (Wildman–Crippen MR) is 66.0 cm³/mol. The highest BCUT2D eigenvalue weighted by atomic mass is 16.5. The summed E-state index contributed by atoms with van der Waals surface area (Å²) in [7, 11) is 1.46. The molecule has 0 aromatic carbocycles. The van der Waals surface area contributed by atoms with Gasteiger partial charge in [-0.3, -0.25) is 14.5 Å². The minimum absolute atomic E-state index is 0.0143. The standard InChI is InChI=1S/C14H21NO3/c1-18-12(17)9-14-5-2-7-15-8-4-10(13(14)15)11(16)3-6-14/h10,13H,2-9H2,1H3/t10-,13-,14+/m0/s1. The van der Waals surface area contributed by atoms with E-state index in [0.717, 1.165) is 38.8 Å². The third-order valence-corrected chi connectivity index (χ3v) is 5.26. The minimum Gasteiger partial charge on any atom is -0.469 e. The number of Topliss-reactive ketones (excluding diaryl/α,β-unsaturated/α-hetero) is 1. The van der Waals surface area contributed by atoms with Gasteiger partial charge in [0.05, 0.1) is 13.5 Å². The molecule has 3 atom stereocenters. The molecule has 0 N–H and O–H groups in total. The van der Waals surface area contributed by atoms with Gasteiger partial charge in [-0.2, -0.15) is 0 Å². The Morgan fingerprint density at radius 3 is 3.06 bits per heavy atom. The van der Waals surface area contributed by atoms with Gasteiger partial charge < -0.3 is 4.74 Å². The summed E-state index contributed by atoms with van der Waals surface area (Å²) in [5.74, 6) is 0.491. The van der Waals surface area contributed by atoms with E-state index in [1.807, 2.05) is 0 Å². The van der Waals surface area contributed by atoms with E-state index < -0.39 is 0 Å². The van der Waals surface area contributed by atoms with E-state index in [0.29, 0.717) is 24.7 Å². The van der Waals surface area contributed by atoms with Crippen molar-refractivity contribution in [2.45, 2.75) is 44.6 Å². The predicted octanol–water partition coefficient (Wildman–Crippen LogP) is 1.38. The van der Waals surface area contributed by atoms with E-state index in [1.54, 1.807) is 0 Å². The van der Waals surface area contributed by atoms with Gasteiger partial charge in [-0.25, -0.2) is 0 Å². The Balaban J connectivity index is 1.90. The monoisotopic (exact) mass is 251 g/mol. The van der Waals surface area contributed by atoms with Gasteiger partial charge >= 0.3 is 5.97 Å². The van der Waals surface area contributed by atoms with Crippen LogP contribution in [0, 0.1) is 11.3 Å². The summed E-state index contributed by atoms with van der Waals surface area (Å²) in [6, 6.07) is 0.312. The molecule has 3 fully saturated rings. The van der Waals surface area contributed by atoms with Gasteiger partial charge in [-0.1, -0.05) is 0 Å². The molecule has 0 spiro atoms. The van der Waals surface area contributed by atoms with Crippen LogP contribution in [0.5, 0.6) is 0 Å². The van der Waals surface area contributed by atoms with E-state index >= 15 is 0 Å². The molecule has 0 aromatic heterocycles. The zero-order chi connectivity index (χ0) is 12.8. The molecule has 2 aliphatic heterocycles. The van der Waals surface area contributed by atoms with Gasteiger partial charge in [0.1, 0.15) is 5.78 Å². The Kier molecular flexibility index (Phi) is 2.93. The molecule has 0 radical (unpaired) electrons. The van der Waals surface area contributed by atoms with Crippen molar-refractivity contribution in [3.05, 3.63) is 0 Å². The number of piperidine rings is 1. The van der Waals surface area contributed by atoms with Crippen LogP contribution in [0.15, 0.2) is 0 Å². The lowest BCUT2D eigenvalue weighted by atomic mass is 9.60. The third kappa shape index (κ3) is 1.69. The minimum atomic E-state index is -0.114. The molecule has 2 saturated heterocycles. The first kappa shape index (κ1) is 12.2. The highest BCUT2D eigenvalue weighted by molar-refractivity contribution is 5.84. The molecule has 0 amide bonds. The molecule has 3 rings (SSSR count). The Morgan fingerprint density at radius 1 is 1.44 bits per heavy atom. The fraction of sp³-hybridized carbons (Fsp3) is 0.857. The summed E-state index contributed by atoms with van der Waals surface area (Å²) >= 11 is 0. The topological polar surface area (TPSA) is 46.6 Å². The number of carbonyl (C=O) groups excluding carboxylic acids is 2. The number of hydrogen-bond donors (Lipinski definition) is 0. The Morgan fingerprint density at radius 2 is 2.28 bits per heavy atom. The van der Waals surface area contributed by atoms with Gasteiger partial charge in [0.15, 0.2) is 0 Å². The Labute approximate surface area is 108 Å². The van der Waals surface area contributed by atoms with Crippen LogP contribution in [0.3, 0.4) is 0 Å². The first-order valence-corrected chi connectivity index (χ1v) is 7.00. The van der Waals surface area contributed by atoms with Gasteiger partial charge in [0.25, 0.3) is 0 Å². The lowest BCUT2D eigenvalue weighted by Crippen LogP contribution is -2.56. The molecular weight excluding hydrogens is 230 g/mol. The van der Waals surface area contributed by atoms with Crippen molar-refractivity contribution >= 4 is 11.8 Å². The second kappa shape index (κ2) is 4.34. The fourth-order valence-electron chi connectivity index (χ4n) is 4.51. The van der Waals surface area contributed by atoms with Crippen LogP contribution < -0.4 is 0 Å². The van der Waals surface area contributed by atoms with Crippen LogP contribution in [0.25, 0.3) is 0 Å². The molecule has 0 aromatic rings. The van der Waals surface area contributed by atoms with Gasteiger partial charge in [0.2, 0.25) is 0 Å². The highest BCUT2D eigenvalue weighted by Crippen LogP contribution is 2.52. The summed E-state index contributed by atoms with van der Waals surface area (Å²) in [6.07, 6.45) is 5.24. The van der Waals surface area contributed by atoms with Crippen molar-refractivity contribution < 1.29 is 14.3 Å². The van der Waals surface area contributed by atoms with Crippen molar-refractivity contribution in [3.63, 3.8) is 0 Å². The fourth-order valence-corrected chi connectivity index (χ4v) is 4.51. The molecule has 2 heterocycles. The largest absolute Gasteiger partial charge is 0.469 e. The van der Waals surface area contributed by atoms with Crippen molar-refractivity contribution in [1.82, 2.24) is 4.90 Å². The van der Waals surface area contributed by atoms with E-state index in [-0.39, 0.29) is 17.3 Å². The lowest BCUT2D eigenvalue weighted by molar-refractivity contribution is -0.150. The van der Waals surface area contributed by atoms with Crippen LogP contribution in [-0.4, -0.2) is 42.9 Å². The zero-order valence-electron chi connectivity index (χ0n) is 11.0. The zero-order valence-corrected chi connectivity index (χ0v) is 11.0. The van der Waals surface area contributed by atoms with Crippen molar-refractivity contribution in [3.8, 4) is 0 Å². The summed E-state index contributed by atoms with van der Waals surface area (Å²) in [4.78, 5) is 26.2. The van der Waals surface area contributed by atoms with E-state index in [2.05, 4.69) is 4.90 Å². The number of carbonyl (C=O) groups is 2. The van der Waals surface area contributed by atoms with Crippen molar-refractivity contribution in [2.24, 2.45) is 11.3 Å². The summed E-state index contributed by atoms with van der Waals surface area (Å²) < 4.78 is 4.87. The average Bonchev–Trinajstić information content (AvgIpc) is 2.81. The maximum atomic E-state index is 12.1. The molecule has 100 valence electrons. The molecule has 0 unspecified atom stereocenters. The lowest BCUT2D eigenvalue weighted by Gasteiger charge is -2.51. The smallest absolute Gasteiger partial charge is 0.306 e. The van der Waals surface area contributed by atoms with Gasteiger partial charge in [-0.15, -0.1) is 0 Å². The van der Waals surface area contributed by atoms with Crippen LogP contribution in [0.1, 0.15) is 38.5 Å². The molecule has 1 saturated carbocycles. The Hall–Kier alpha value is -0.900. The number of nitrogens with zero attached hydrogens (tertiary/aromatic N) is 1. The van der Waals surface area contributed by atoms with Crippen LogP contribution >= 0.6 is 0 Å². The van der Waals surface area contributed by atoms with Gasteiger partial charge in [0, 0.05) is 18.4 Å². The average molecular weight is 251 g/mol. The number of hydrogen-bond acceptors (Lipinski definition) is 4. The van der Waals surface area contributed by atoms with Crippen molar-refractivity contribution in [2.75, 3.05) is 20.2 Å². The number of ketones is 1. The number of methoxy groups -OCH3 is 1. The Bertz CT molecular complexity index is 381. The van der Waals surface area contributed by atoms with E-state index in [9.17, 15) is 9.59 Å². The van der Waals surface area contributed by atoms with Gasteiger partial charge in [-0.05, 0) is 44.2 Å². The maximum absolute atomic E-state index is 12.1. The molecular formula is C14H21NO3. The normalized spacial score (nSPS) is 39.5. The van der Waals surface area contributed by atoms with E-state index in [4.69, 9.17) is 4.74 Å². The third-order valence-electron chi connectivity index (χ3n) is 5.26. The molecule has 3 aliphatic rings. The van der Waals surface area contributed by atoms with Crippen LogP contribution in [-0.2, 0) is 14.3 Å². The molecule has 4 heteroatoms. The molecule has 4 nitrogen and oxygen atoms in total. The number of ether oxygens (including phenoxy) is 1. The van der Waals surface area contributed by atoms with Crippen molar-refractivity contribution in [1.29, 1.82) is 0 Å². The first-order chi connectivity index (χ1) is 8.66. The number of rotatable bonds is 2. The second-order valence-corrected chi connectivity index (χ2v) is 6.06. The van der Waals surface area contributed by atoms with Crippen LogP contribution in [0.4, 0.5) is 0 Å². The van der Waals surface area contributed by atoms with Crippen LogP contribution in [0.2, 0.25) is 0 Å². The number of esters is 1. The van der Waals surface area contributed by atoms with E-state index in [1.165, 1.54) is 7.11 Å². The summed E-state index contributed by atoms with van der Waals surface area (Å²) in [5, 5.41) is 0. The second-order valence-electron chi connectivity index (χ2n) is 6.06.